The van der Waals surface area contributed by atoms with Crippen molar-refractivity contribution in [1.29, 1.82) is 0 Å². The smallest absolute Gasteiger partial charge is 0.391 e. The van der Waals surface area contributed by atoms with E-state index in [1.54, 1.807) is 12.1 Å². The maximum Gasteiger partial charge on any atom is 0.418 e. The van der Waals surface area contributed by atoms with E-state index in [4.69, 9.17) is 0 Å². The van der Waals surface area contributed by atoms with E-state index in [-0.39, 0.29) is 11.4 Å². The van der Waals surface area contributed by atoms with Gasteiger partial charge in [0.2, 0.25) is 0 Å². The summed E-state index contributed by atoms with van der Waals surface area (Å²) in [5, 5.41) is 10.4. The summed E-state index contributed by atoms with van der Waals surface area (Å²) < 4.78 is 39.4. The minimum Gasteiger partial charge on any atom is -0.391 e. The molecule has 0 bridgehead atoms. The molecule has 0 radical (unpaired) electrons. The van der Waals surface area contributed by atoms with Crippen LogP contribution in [-0.2, 0) is 6.18 Å². The van der Waals surface area contributed by atoms with Gasteiger partial charge < -0.3 is 10.0 Å². The number of hydrogen-bond donors (Lipinski definition) is 1. The lowest BCUT2D eigenvalue weighted by Crippen LogP contribution is -2.42. The van der Waals surface area contributed by atoms with Crippen molar-refractivity contribution in [3.05, 3.63) is 36.0 Å². The third-order valence-electron chi connectivity index (χ3n) is 4.03. The zero-order valence-corrected chi connectivity index (χ0v) is 12.1. The maximum absolute atomic E-state index is 13.1. The number of β-amino-alcohol motifs (C(OH)–C–C–N with tert-alkyl or cyclic N) is 1. The largest absolute Gasteiger partial charge is 0.418 e. The van der Waals surface area contributed by atoms with E-state index in [1.807, 2.05) is 11.8 Å². The fourth-order valence-electron chi connectivity index (χ4n) is 3.18. The van der Waals surface area contributed by atoms with E-state index in [1.165, 1.54) is 12.3 Å². The number of alkyl halides is 3. The molecule has 1 aliphatic rings. The Balaban J connectivity index is 2.12. The Bertz CT molecular complexity index is 677. The molecule has 1 aliphatic heterocycles. The molecule has 1 aromatic carbocycles. The first kappa shape index (κ1) is 15.1. The van der Waals surface area contributed by atoms with Gasteiger partial charge in [0, 0.05) is 30.4 Å². The Morgan fingerprint density at radius 1 is 1.23 bits per heavy atom. The van der Waals surface area contributed by atoms with Gasteiger partial charge in [-0.1, -0.05) is 6.92 Å². The number of piperidine rings is 1. The lowest BCUT2D eigenvalue weighted by molar-refractivity contribution is -0.136. The van der Waals surface area contributed by atoms with Crippen molar-refractivity contribution < 1.29 is 18.3 Å². The molecule has 3 rings (SSSR count). The summed E-state index contributed by atoms with van der Waals surface area (Å²) >= 11 is 0. The molecule has 6 heteroatoms. The number of rotatable bonds is 1. The fourth-order valence-corrected chi connectivity index (χ4v) is 3.18. The first-order valence-electron chi connectivity index (χ1n) is 7.24. The van der Waals surface area contributed by atoms with Gasteiger partial charge in [0.25, 0.3) is 0 Å². The summed E-state index contributed by atoms with van der Waals surface area (Å²) in [4.78, 5) is 5.88. The number of aromatic nitrogens is 1. The molecule has 1 saturated heterocycles. The maximum atomic E-state index is 13.1. The highest BCUT2D eigenvalue weighted by Gasteiger charge is 2.34. The Kier molecular flexibility index (Phi) is 3.72. The molecular formula is C16H17F3N2O. The molecule has 0 amide bonds. The second-order valence-electron chi connectivity index (χ2n) is 5.93. The number of nitrogens with zero attached hydrogens (tertiary/aromatic N) is 2. The predicted octanol–water partition coefficient (Wildman–Crippen LogP) is 3.46. The van der Waals surface area contributed by atoms with Gasteiger partial charge in [-0.25, -0.2) is 0 Å². The van der Waals surface area contributed by atoms with Gasteiger partial charge in [0.1, 0.15) is 0 Å². The summed E-state index contributed by atoms with van der Waals surface area (Å²) in [5.41, 5.74) is -0.0700. The Labute approximate surface area is 126 Å². The average Bonchev–Trinajstić information content (AvgIpc) is 2.44. The number of aliphatic hydroxyl groups excluding tert-OH is 1. The van der Waals surface area contributed by atoms with Gasteiger partial charge in [-0.15, -0.1) is 0 Å². The minimum atomic E-state index is -4.43. The Morgan fingerprint density at radius 2 is 2.00 bits per heavy atom. The van der Waals surface area contributed by atoms with Crippen molar-refractivity contribution in [3.63, 3.8) is 0 Å². The van der Waals surface area contributed by atoms with Crippen molar-refractivity contribution in [2.24, 2.45) is 5.92 Å². The van der Waals surface area contributed by atoms with Crippen LogP contribution in [0.3, 0.4) is 0 Å². The molecular weight excluding hydrogens is 293 g/mol. The van der Waals surface area contributed by atoms with E-state index >= 15 is 0 Å². The standard InChI is InChI=1S/C16H17F3N2O/c1-10-7-11(22)9-21(8-10)14-5-4-13(16(17,18)19)15-12(14)3-2-6-20-15/h2-6,10-11,22H,7-9H2,1H3/t10-,11+/m0/s1. The van der Waals surface area contributed by atoms with Gasteiger partial charge in [-0.2, -0.15) is 13.2 Å². The molecule has 0 spiro atoms. The normalized spacial score (nSPS) is 23.0. The highest BCUT2D eigenvalue weighted by Crippen LogP contribution is 2.38. The number of fused-ring (bicyclic) bond motifs is 1. The molecule has 3 nitrogen and oxygen atoms in total. The highest BCUT2D eigenvalue weighted by molar-refractivity contribution is 5.94. The van der Waals surface area contributed by atoms with Crippen LogP contribution in [0.1, 0.15) is 18.9 Å². The van der Waals surface area contributed by atoms with Crippen LogP contribution in [0.15, 0.2) is 30.5 Å². The molecule has 2 aromatic rings. The van der Waals surface area contributed by atoms with E-state index in [2.05, 4.69) is 4.98 Å². The number of hydrogen-bond acceptors (Lipinski definition) is 3. The van der Waals surface area contributed by atoms with Gasteiger partial charge in [-0.05, 0) is 36.6 Å². The first-order chi connectivity index (χ1) is 10.4. The summed E-state index contributed by atoms with van der Waals surface area (Å²) in [5.74, 6) is 0.290. The summed E-state index contributed by atoms with van der Waals surface area (Å²) in [6, 6.07) is 5.85. The Hall–Kier alpha value is -1.82. The molecule has 0 aliphatic carbocycles. The average molecular weight is 310 g/mol. The van der Waals surface area contributed by atoms with Gasteiger partial charge >= 0.3 is 6.18 Å². The van der Waals surface area contributed by atoms with Crippen molar-refractivity contribution in [3.8, 4) is 0 Å². The first-order valence-corrected chi connectivity index (χ1v) is 7.24. The molecule has 1 fully saturated rings. The zero-order chi connectivity index (χ0) is 15.9. The molecule has 22 heavy (non-hydrogen) atoms. The molecule has 118 valence electrons. The van der Waals surface area contributed by atoms with Gasteiger partial charge in [0.15, 0.2) is 0 Å². The fraction of sp³-hybridized carbons (Fsp3) is 0.438. The summed E-state index contributed by atoms with van der Waals surface area (Å²) in [6.45, 7) is 3.17. The van der Waals surface area contributed by atoms with Crippen molar-refractivity contribution in [1.82, 2.24) is 4.98 Å². The second-order valence-corrected chi connectivity index (χ2v) is 5.93. The number of benzene rings is 1. The van der Waals surface area contributed by atoms with E-state index in [0.717, 1.165) is 6.07 Å². The molecule has 2 heterocycles. The van der Waals surface area contributed by atoms with Crippen LogP contribution < -0.4 is 4.90 Å². The number of pyridine rings is 1. The lowest BCUT2D eigenvalue weighted by atomic mass is 9.96. The minimum absolute atomic E-state index is 0.0415. The van der Waals surface area contributed by atoms with Crippen LogP contribution in [-0.4, -0.2) is 29.3 Å². The quantitative estimate of drug-likeness (QED) is 0.876. The predicted molar refractivity (Wildman–Crippen MR) is 78.7 cm³/mol. The van der Waals surface area contributed by atoms with Gasteiger partial charge in [-0.3, -0.25) is 4.98 Å². The van der Waals surface area contributed by atoms with E-state index in [0.29, 0.717) is 30.6 Å². The number of halogens is 3. The summed E-state index contributed by atoms with van der Waals surface area (Å²) in [6.07, 6.45) is -2.81. The topological polar surface area (TPSA) is 36.4 Å². The molecule has 1 N–H and O–H groups in total. The van der Waals surface area contributed by atoms with E-state index < -0.39 is 17.8 Å². The van der Waals surface area contributed by atoms with Crippen LogP contribution in [0.2, 0.25) is 0 Å². The second kappa shape index (κ2) is 5.43. The SMILES string of the molecule is C[C@H]1C[C@@H](O)CN(c2ccc(C(F)(F)F)c3ncccc23)C1. The molecule has 1 aromatic heterocycles. The van der Waals surface area contributed by atoms with Crippen molar-refractivity contribution in [2.45, 2.75) is 25.6 Å². The van der Waals surface area contributed by atoms with Crippen LogP contribution >= 0.6 is 0 Å². The van der Waals surface area contributed by atoms with Crippen LogP contribution in [0, 0.1) is 5.92 Å². The lowest BCUT2D eigenvalue weighted by Gasteiger charge is -2.36. The number of aliphatic hydroxyl groups is 1. The van der Waals surface area contributed by atoms with Gasteiger partial charge in [0.05, 0.1) is 17.2 Å². The highest BCUT2D eigenvalue weighted by atomic mass is 19.4. The van der Waals surface area contributed by atoms with Crippen molar-refractivity contribution >= 4 is 16.6 Å². The molecule has 2 atom stereocenters. The monoisotopic (exact) mass is 310 g/mol. The third kappa shape index (κ3) is 2.75. The van der Waals surface area contributed by atoms with Crippen LogP contribution in [0.5, 0.6) is 0 Å². The molecule has 0 saturated carbocycles. The summed E-state index contributed by atoms with van der Waals surface area (Å²) in [7, 11) is 0. The van der Waals surface area contributed by atoms with E-state index in [9.17, 15) is 18.3 Å². The third-order valence-corrected chi connectivity index (χ3v) is 4.03. The number of anilines is 1. The Morgan fingerprint density at radius 3 is 2.68 bits per heavy atom. The van der Waals surface area contributed by atoms with Crippen LogP contribution in [0.4, 0.5) is 18.9 Å². The van der Waals surface area contributed by atoms with Crippen LogP contribution in [0.25, 0.3) is 10.9 Å². The zero-order valence-electron chi connectivity index (χ0n) is 12.1. The van der Waals surface area contributed by atoms with Crippen molar-refractivity contribution in [2.75, 3.05) is 18.0 Å². The molecule has 0 unspecified atom stereocenters.